The summed E-state index contributed by atoms with van der Waals surface area (Å²) in [6.07, 6.45) is 2.61. The molecule has 1 atom stereocenters. The Kier molecular flexibility index (Phi) is 3.84. The Morgan fingerprint density at radius 3 is 3.06 bits per heavy atom. The zero-order valence-corrected chi connectivity index (χ0v) is 10.7. The molecule has 0 aromatic carbocycles. The number of nitrogens with one attached hydrogen (secondary N) is 1. The third kappa shape index (κ3) is 3.33. The van der Waals surface area contributed by atoms with Gasteiger partial charge in [-0.3, -0.25) is 0 Å². The van der Waals surface area contributed by atoms with Gasteiger partial charge in [-0.05, 0) is 51.4 Å². The molecule has 0 spiro atoms. The molecule has 0 saturated carbocycles. The van der Waals surface area contributed by atoms with Crippen molar-refractivity contribution in [3.8, 4) is 0 Å². The van der Waals surface area contributed by atoms with E-state index >= 15 is 0 Å². The molecule has 0 bridgehead atoms. The summed E-state index contributed by atoms with van der Waals surface area (Å²) in [4.78, 5) is 6.83. The lowest BCUT2D eigenvalue weighted by atomic mass is 9.98. The predicted octanol–water partition coefficient (Wildman–Crippen LogP) is 1.73. The topological polar surface area (TPSA) is 54.2 Å². The minimum absolute atomic E-state index is 0.730. The van der Waals surface area contributed by atoms with Crippen LogP contribution in [0.3, 0.4) is 0 Å². The Hall–Kier alpha value is -1.29. The smallest absolute Gasteiger partial charge is 0.126 e. The van der Waals surface area contributed by atoms with Gasteiger partial charge in [0.1, 0.15) is 5.82 Å². The monoisotopic (exact) mass is 234 g/mol. The molecule has 4 heteroatoms. The van der Waals surface area contributed by atoms with Crippen LogP contribution in [0.4, 0.5) is 11.5 Å². The lowest BCUT2D eigenvalue weighted by Gasteiger charge is -2.29. The van der Waals surface area contributed by atoms with Crippen molar-refractivity contribution in [3.63, 3.8) is 0 Å². The van der Waals surface area contributed by atoms with Gasteiger partial charge in [0, 0.05) is 13.1 Å². The number of aromatic nitrogens is 1. The fraction of sp³-hybridized carbons (Fsp3) is 0.615. The fourth-order valence-corrected chi connectivity index (χ4v) is 2.36. The standard InChI is InChI=1S/C13H22N4/c1-10-12(14)5-6-13(16-10)15-8-11-4-3-7-17(2)9-11/h5-6,11H,3-4,7-9,14H2,1-2H3,(H,15,16). The summed E-state index contributed by atoms with van der Waals surface area (Å²) < 4.78 is 0. The summed E-state index contributed by atoms with van der Waals surface area (Å²) in [6, 6.07) is 3.87. The highest BCUT2D eigenvalue weighted by Crippen LogP contribution is 2.17. The second-order valence-corrected chi connectivity index (χ2v) is 5.02. The average molecular weight is 234 g/mol. The highest BCUT2D eigenvalue weighted by atomic mass is 15.1. The van der Waals surface area contributed by atoms with Crippen LogP contribution in [0.2, 0.25) is 0 Å². The molecule has 2 rings (SSSR count). The number of aryl methyl sites for hydroxylation is 1. The van der Waals surface area contributed by atoms with Crippen molar-refractivity contribution in [1.29, 1.82) is 0 Å². The predicted molar refractivity (Wildman–Crippen MR) is 72.1 cm³/mol. The molecule has 4 nitrogen and oxygen atoms in total. The van der Waals surface area contributed by atoms with Crippen LogP contribution in [0, 0.1) is 12.8 Å². The number of nitrogens with zero attached hydrogens (tertiary/aromatic N) is 2. The van der Waals surface area contributed by atoms with E-state index in [1.54, 1.807) is 0 Å². The molecule has 1 fully saturated rings. The fourth-order valence-electron chi connectivity index (χ4n) is 2.36. The van der Waals surface area contributed by atoms with Crippen molar-refractivity contribution in [2.45, 2.75) is 19.8 Å². The second kappa shape index (κ2) is 5.36. The van der Waals surface area contributed by atoms with Gasteiger partial charge in [-0.25, -0.2) is 4.98 Å². The van der Waals surface area contributed by atoms with E-state index in [9.17, 15) is 0 Å². The molecule has 0 amide bonds. The van der Waals surface area contributed by atoms with Gasteiger partial charge in [-0.2, -0.15) is 0 Å². The van der Waals surface area contributed by atoms with Gasteiger partial charge >= 0.3 is 0 Å². The summed E-state index contributed by atoms with van der Waals surface area (Å²) in [5.41, 5.74) is 7.41. The molecule has 1 aromatic rings. The first-order chi connectivity index (χ1) is 8.15. The number of piperidine rings is 1. The minimum atomic E-state index is 0.730. The maximum atomic E-state index is 5.75. The van der Waals surface area contributed by atoms with Crippen LogP contribution >= 0.6 is 0 Å². The van der Waals surface area contributed by atoms with Crippen LogP contribution in [-0.2, 0) is 0 Å². The molecule has 0 aliphatic carbocycles. The van der Waals surface area contributed by atoms with Crippen molar-refractivity contribution < 1.29 is 0 Å². The van der Waals surface area contributed by atoms with Crippen molar-refractivity contribution in [2.75, 3.05) is 37.7 Å². The molecule has 0 radical (unpaired) electrons. The van der Waals surface area contributed by atoms with Crippen molar-refractivity contribution in [3.05, 3.63) is 17.8 Å². The molecular formula is C13H22N4. The van der Waals surface area contributed by atoms with E-state index < -0.39 is 0 Å². The maximum Gasteiger partial charge on any atom is 0.126 e. The summed E-state index contributed by atoms with van der Waals surface area (Å²) in [6.45, 7) is 5.35. The quantitative estimate of drug-likeness (QED) is 0.836. The number of anilines is 2. The minimum Gasteiger partial charge on any atom is -0.397 e. The van der Waals surface area contributed by atoms with Gasteiger partial charge in [0.25, 0.3) is 0 Å². The third-order valence-corrected chi connectivity index (χ3v) is 3.42. The number of pyridine rings is 1. The van der Waals surface area contributed by atoms with E-state index in [0.717, 1.165) is 29.7 Å². The molecule has 1 aromatic heterocycles. The molecule has 3 N–H and O–H groups in total. The van der Waals surface area contributed by atoms with Crippen LogP contribution in [-0.4, -0.2) is 36.6 Å². The number of nitrogen functional groups attached to an aromatic ring is 1. The van der Waals surface area contributed by atoms with Crippen LogP contribution in [0.15, 0.2) is 12.1 Å². The summed E-state index contributed by atoms with van der Waals surface area (Å²) in [5.74, 6) is 1.67. The first-order valence-electron chi connectivity index (χ1n) is 6.30. The Morgan fingerprint density at radius 2 is 2.35 bits per heavy atom. The van der Waals surface area contributed by atoms with E-state index in [-0.39, 0.29) is 0 Å². The molecule has 2 heterocycles. The zero-order chi connectivity index (χ0) is 12.3. The summed E-state index contributed by atoms with van der Waals surface area (Å²) in [5, 5.41) is 3.41. The number of likely N-dealkylation sites (tertiary alicyclic amines) is 1. The van der Waals surface area contributed by atoms with Gasteiger partial charge < -0.3 is 16.0 Å². The number of hydrogen-bond donors (Lipinski definition) is 2. The SMILES string of the molecule is Cc1nc(NCC2CCCN(C)C2)ccc1N. The van der Waals surface area contributed by atoms with Gasteiger partial charge in [0.05, 0.1) is 11.4 Å². The van der Waals surface area contributed by atoms with Gasteiger partial charge in [0.15, 0.2) is 0 Å². The second-order valence-electron chi connectivity index (χ2n) is 5.02. The van der Waals surface area contributed by atoms with E-state index in [2.05, 4.69) is 22.2 Å². The largest absolute Gasteiger partial charge is 0.397 e. The van der Waals surface area contributed by atoms with Gasteiger partial charge in [-0.15, -0.1) is 0 Å². The molecule has 1 unspecified atom stereocenters. The molecule has 1 aliphatic rings. The summed E-state index contributed by atoms with van der Waals surface area (Å²) in [7, 11) is 2.19. The van der Waals surface area contributed by atoms with E-state index in [0.29, 0.717) is 0 Å². The number of rotatable bonds is 3. The molecule has 1 aliphatic heterocycles. The average Bonchev–Trinajstić information content (AvgIpc) is 2.31. The van der Waals surface area contributed by atoms with Crippen LogP contribution in [0.1, 0.15) is 18.5 Å². The summed E-state index contributed by atoms with van der Waals surface area (Å²) >= 11 is 0. The van der Waals surface area contributed by atoms with Crippen molar-refractivity contribution >= 4 is 11.5 Å². The van der Waals surface area contributed by atoms with Gasteiger partial charge in [-0.1, -0.05) is 0 Å². The Bertz CT molecular complexity index is 378. The van der Waals surface area contributed by atoms with E-state index in [1.807, 2.05) is 19.1 Å². The Morgan fingerprint density at radius 1 is 1.53 bits per heavy atom. The van der Waals surface area contributed by atoms with Crippen LogP contribution in [0.25, 0.3) is 0 Å². The molecule has 94 valence electrons. The normalized spacial score (nSPS) is 21.4. The van der Waals surface area contributed by atoms with E-state index in [4.69, 9.17) is 5.73 Å². The first kappa shape index (κ1) is 12.2. The van der Waals surface area contributed by atoms with Crippen LogP contribution < -0.4 is 11.1 Å². The molecular weight excluding hydrogens is 212 g/mol. The number of nitrogens with two attached hydrogens (primary N) is 1. The Labute approximate surface area is 103 Å². The highest BCUT2D eigenvalue weighted by molar-refractivity contribution is 5.48. The maximum absolute atomic E-state index is 5.75. The Balaban J connectivity index is 1.86. The van der Waals surface area contributed by atoms with Gasteiger partial charge in [0.2, 0.25) is 0 Å². The third-order valence-electron chi connectivity index (χ3n) is 3.42. The lowest BCUT2D eigenvalue weighted by Crippen LogP contribution is -2.35. The molecule has 1 saturated heterocycles. The van der Waals surface area contributed by atoms with Crippen molar-refractivity contribution in [2.24, 2.45) is 5.92 Å². The number of hydrogen-bond acceptors (Lipinski definition) is 4. The lowest BCUT2D eigenvalue weighted by molar-refractivity contribution is 0.217. The molecule has 17 heavy (non-hydrogen) atoms. The van der Waals surface area contributed by atoms with Crippen LogP contribution in [0.5, 0.6) is 0 Å². The first-order valence-corrected chi connectivity index (χ1v) is 6.30. The highest BCUT2D eigenvalue weighted by Gasteiger charge is 2.16. The van der Waals surface area contributed by atoms with E-state index in [1.165, 1.54) is 25.9 Å². The van der Waals surface area contributed by atoms with Crippen molar-refractivity contribution in [1.82, 2.24) is 9.88 Å². The zero-order valence-electron chi connectivity index (χ0n) is 10.7.